The summed E-state index contributed by atoms with van der Waals surface area (Å²) in [6, 6.07) is 6.20. The van der Waals surface area contributed by atoms with Crippen LogP contribution >= 0.6 is 0 Å². The number of likely N-dealkylation sites (N-methyl/N-ethyl adjacent to an activating group) is 1. The number of aliphatic carboxylic acids is 1. The lowest BCUT2D eigenvalue weighted by molar-refractivity contribution is -0.141. The van der Waals surface area contributed by atoms with Crippen LogP contribution in [0.3, 0.4) is 0 Å². The Hall–Kier alpha value is -2.57. The van der Waals surface area contributed by atoms with Crippen molar-refractivity contribution < 1.29 is 19.5 Å². The second-order valence-corrected chi connectivity index (χ2v) is 4.56. The van der Waals surface area contributed by atoms with Gasteiger partial charge in [0.05, 0.1) is 6.42 Å². The van der Waals surface area contributed by atoms with Gasteiger partial charge in [0, 0.05) is 25.3 Å². The number of anilines is 1. The van der Waals surface area contributed by atoms with Gasteiger partial charge in [-0.05, 0) is 6.07 Å². The summed E-state index contributed by atoms with van der Waals surface area (Å²) in [7, 11) is 2.95. The number of hydrogen-bond donors (Lipinski definition) is 3. The van der Waals surface area contributed by atoms with E-state index in [1.807, 2.05) is 0 Å². The molecule has 0 bridgehead atoms. The zero-order valence-corrected chi connectivity index (χ0v) is 11.1. The van der Waals surface area contributed by atoms with Gasteiger partial charge in [0.25, 0.3) is 5.91 Å². The molecule has 20 heavy (non-hydrogen) atoms. The Balaban J connectivity index is 2.58. The van der Waals surface area contributed by atoms with Gasteiger partial charge in [0.15, 0.2) is 5.54 Å². The van der Waals surface area contributed by atoms with Gasteiger partial charge < -0.3 is 20.6 Å². The molecule has 1 unspecified atom stereocenters. The summed E-state index contributed by atoms with van der Waals surface area (Å²) in [5.41, 5.74) is -0.495. The van der Waals surface area contributed by atoms with E-state index in [2.05, 4.69) is 10.6 Å². The van der Waals surface area contributed by atoms with Gasteiger partial charge in [-0.15, -0.1) is 0 Å². The summed E-state index contributed by atoms with van der Waals surface area (Å²) in [6.45, 7) is 0. The summed E-state index contributed by atoms with van der Waals surface area (Å²) in [4.78, 5) is 36.6. The zero-order valence-electron chi connectivity index (χ0n) is 11.1. The molecule has 3 amide bonds. The largest absolute Gasteiger partial charge is 0.481 e. The lowest BCUT2D eigenvalue weighted by atomic mass is 9.88. The van der Waals surface area contributed by atoms with E-state index in [9.17, 15) is 14.4 Å². The fourth-order valence-electron chi connectivity index (χ4n) is 2.46. The monoisotopic (exact) mass is 277 g/mol. The first-order chi connectivity index (χ1) is 9.42. The fraction of sp³-hybridized carbons (Fsp3) is 0.308. The SMILES string of the molecule is CNC(=O)NC1(CC(=O)O)C(=O)N(C)c2ccccc21. The minimum absolute atomic E-state index is 0.468. The van der Waals surface area contributed by atoms with Crippen LogP contribution in [0.15, 0.2) is 24.3 Å². The van der Waals surface area contributed by atoms with E-state index in [4.69, 9.17) is 5.11 Å². The molecule has 1 heterocycles. The van der Waals surface area contributed by atoms with Gasteiger partial charge in [0.1, 0.15) is 0 Å². The maximum atomic E-state index is 12.5. The van der Waals surface area contributed by atoms with E-state index in [1.54, 1.807) is 31.3 Å². The third kappa shape index (κ3) is 1.97. The second kappa shape index (κ2) is 4.84. The number of para-hydroxylation sites is 1. The maximum absolute atomic E-state index is 12.5. The predicted octanol–water partition coefficient (Wildman–Crippen LogP) is 0.262. The number of fused-ring (bicyclic) bond motifs is 1. The van der Waals surface area contributed by atoms with Gasteiger partial charge in [-0.25, -0.2) is 4.79 Å². The van der Waals surface area contributed by atoms with Crippen LogP contribution < -0.4 is 15.5 Å². The highest BCUT2D eigenvalue weighted by molar-refractivity contribution is 6.10. The summed E-state index contributed by atoms with van der Waals surface area (Å²) >= 11 is 0. The Bertz CT molecular complexity index is 587. The van der Waals surface area contributed by atoms with Crippen LogP contribution in [-0.4, -0.2) is 37.1 Å². The quantitative estimate of drug-likeness (QED) is 0.738. The number of carbonyl (C=O) groups is 3. The smallest absolute Gasteiger partial charge is 0.315 e. The number of hydrogen-bond acceptors (Lipinski definition) is 3. The number of nitrogens with zero attached hydrogens (tertiary/aromatic N) is 1. The maximum Gasteiger partial charge on any atom is 0.315 e. The van der Waals surface area contributed by atoms with Crippen LogP contribution in [0.5, 0.6) is 0 Å². The molecule has 7 heteroatoms. The number of rotatable bonds is 3. The van der Waals surface area contributed by atoms with Crippen molar-refractivity contribution in [3.8, 4) is 0 Å². The molecule has 0 fully saturated rings. The molecule has 1 aromatic rings. The molecule has 0 spiro atoms. The van der Waals surface area contributed by atoms with Gasteiger partial charge in [-0.1, -0.05) is 18.2 Å². The minimum atomic E-state index is -1.57. The van der Waals surface area contributed by atoms with Crippen LogP contribution in [-0.2, 0) is 15.1 Å². The predicted molar refractivity (Wildman–Crippen MR) is 71.4 cm³/mol. The Morgan fingerprint density at radius 2 is 2.00 bits per heavy atom. The number of carboxylic acid groups (broad SMARTS) is 1. The molecule has 1 aliphatic heterocycles. The van der Waals surface area contributed by atoms with E-state index in [0.29, 0.717) is 11.3 Å². The minimum Gasteiger partial charge on any atom is -0.481 e. The van der Waals surface area contributed by atoms with E-state index in [-0.39, 0.29) is 0 Å². The molecule has 106 valence electrons. The molecule has 1 aliphatic rings. The number of urea groups is 1. The zero-order chi connectivity index (χ0) is 14.9. The van der Waals surface area contributed by atoms with Crippen LogP contribution in [0.1, 0.15) is 12.0 Å². The van der Waals surface area contributed by atoms with Crippen molar-refractivity contribution in [3.05, 3.63) is 29.8 Å². The number of carbonyl (C=O) groups excluding carboxylic acids is 2. The molecule has 0 saturated carbocycles. The first kappa shape index (κ1) is 13.9. The third-order valence-corrected chi connectivity index (χ3v) is 3.37. The van der Waals surface area contributed by atoms with Crippen LogP contribution in [0.25, 0.3) is 0 Å². The highest BCUT2D eigenvalue weighted by Crippen LogP contribution is 2.41. The highest BCUT2D eigenvalue weighted by Gasteiger charge is 2.52. The third-order valence-electron chi connectivity index (χ3n) is 3.37. The molecular formula is C13H15N3O4. The van der Waals surface area contributed by atoms with Crippen LogP contribution in [0.4, 0.5) is 10.5 Å². The van der Waals surface area contributed by atoms with Crippen molar-refractivity contribution in [2.45, 2.75) is 12.0 Å². The molecule has 3 N–H and O–H groups in total. The number of amides is 3. The summed E-state index contributed by atoms with van der Waals surface area (Å²) < 4.78 is 0. The van der Waals surface area contributed by atoms with E-state index in [1.165, 1.54) is 11.9 Å². The van der Waals surface area contributed by atoms with Crippen LogP contribution in [0.2, 0.25) is 0 Å². The lowest BCUT2D eigenvalue weighted by Crippen LogP contribution is -2.55. The molecule has 0 aromatic heterocycles. The van der Waals surface area contributed by atoms with Crippen molar-refractivity contribution in [1.82, 2.24) is 10.6 Å². The molecule has 0 aliphatic carbocycles. The Labute approximate surface area is 115 Å². The van der Waals surface area contributed by atoms with Crippen molar-refractivity contribution in [2.75, 3.05) is 19.0 Å². The molecule has 0 saturated heterocycles. The molecule has 0 radical (unpaired) electrons. The van der Waals surface area contributed by atoms with Gasteiger partial charge in [-0.2, -0.15) is 0 Å². The Kier molecular flexibility index (Phi) is 3.35. The first-order valence-corrected chi connectivity index (χ1v) is 6.01. The summed E-state index contributed by atoms with van der Waals surface area (Å²) in [5.74, 6) is -1.63. The highest BCUT2D eigenvalue weighted by atomic mass is 16.4. The van der Waals surface area contributed by atoms with Crippen LogP contribution in [0, 0.1) is 0 Å². The Morgan fingerprint density at radius 1 is 1.35 bits per heavy atom. The average molecular weight is 277 g/mol. The topological polar surface area (TPSA) is 98.7 Å². The van der Waals surface area contributed by atoms with Crippen molar-refractivity contribution in [1.29, 1.82) is 0 Å². The van der Waals surface area contributed by atoms with Gasteiger partial charge in [0.2, 0.25) is 0 Å². The van der Waals surface area contributed by atoms with E-state index < -0.39 is 29.9 Å². The average Bonchev–Trinajstić information content (AvgIpc) is 2.62. The Morgan fingerprint density at radius 3 is 2.60 bits per heavy atom. The van der Waals surface area contributed by atoms with E-state index in [0.717, 1.165) is 0 Å². The number of nitrogens with one attached hydrogen (secondary N) is 2. The first-order valence-electron chi connectivity index (χ1n) is 6.01. The molecule has 1 aromatic carbocycles. The summed E-state index contributed by atoms with van der Waals surface area (Å²) in [6.07, 6.45) is -0.513. The van der Waals surface area contributed by atoms with Crippen molar-refractivity contribution in [2.24, 2.45) is 0 Å². The standard InChI is InChI=1S/C13H15N3O4/c1-14-12(20)15-13(7-10(17)18)8-5-3-4-6-9(8)16(2)11(13)19/h3-6H,7H2,1-2H3,(H,17,18)(H2,14,15,20). The van der Waals surface area contributed by atoms with Crippen molar-refractivity contribution >= 4 is 23.6 Å². The molecule has 2 rings (SSSR count). The second-order valence-electron chi connectivity index (χ2n) is 4.56. The fourth-order valence-corrected chi connectivity index (χ4v) is 2.46. The summed E-state index contributed by atoms with van der Waals surface area (Å²) in [5, 5.41) is 13.9. The normalized spacial score (nSPS) is 20.5. The molecule has 7 nitrogen and oxygen atoms in total. The van der Waals surface area contributed by atoms with Gasteiger partial charge >= 0.3 is 12.0 Å². The number of carboxylic acids is 1. The molecule has 1 atom stereocenters. The molecular weight excluding hydrogens is 262 g/mol. The lowest BCUT2D eigenvalue weighted by Gasteiger charge is -2.27. The number of benzene rings is 1. The van der Waals surface area contributed by atoms with Gasteiger partial charge in [-0.3, -0.25) is 9.59 Å². The van der Waals surface area contributed by atoms with E-state index >= 15 is 0 Å². The van der Waals surface area contributed by atoms with Crippen molar-refractivity contribution in [3.63, 3.8) is 0 Å².